The van der Waals surface area contributed by atoms with E-state index in [9.17, 15) is 20.1 Å². The summed E-state index contributed by atoms with van der Waals surface area (Å²) in [4.78, 5) is 11.5. The van der Waals surface area contributed by atoms with Crippen molar-refractivity contribution in [3.63, 3.8) is 0 Å². The Kier molecular flexibility index (Phi) is 11.3. The van der Waals surface area contributed by atoms with Crippen LogP contribution < -0.4 is 0 Å². The van der Waals surface area contributed by atoms with E-state index >= 15 is 0 Å². The fourth-order valence-electron chi connectivity index (χ4n) is 4.47. The van der Waals surface area contributed by atoms with Gasteiger partial charge in [0.1, 0.15) is 0 Å². The van der Waals surface area contributed by atoms with Crippen LogP contribution in [0.15, 0.2) is 42.5 Å². The van der Waals surface area contributed by atoms with Gasteiger partial charge in [0.15, 0.2) is 0 Å². The average molecular weight is 433 g/mol. The highest BCUT2D eigenvalue weighted by Gasteiger charge is 2.40. The molecule has 2 rings (SSSR count). The van der Waals surface area contributed by atoms with Gasteiger partial charge in [-0.2, -0.15) is 0 Å². The molecule has 1 aromatic carbocycles. The van der Waals surface area contributed by atoms with E-state index in [1.54, 1.807) is 0 Å². The highest BCUT2D eigenvalue weighted by atomic mass is 16.5. The second-order valence-corrected chi connectivity index (χ2v) is 9.09. The lowest BCUT2D eigenvalue weighted by atomic mass is 9.85. The van der Waals surface area contributed by atoms with Gasteiger partial charge < -0.3 is 20.1 Å². The van der Waals surface area contributed by atoms with Crippen molar-refractivity contribution in [3.05, 3.63) is 48.0 Å². The first kappa shape index (κ1) is 25.6. The molecular weight excluding hydrogens is 392 g/mol. The first-order valence-corrected chi connectivity index (χ1v) is 11.8. The molecule has 0 saturated heterocycles. The molecule has 1 saturated carbocycles. The highest BCUT2D eigenvalue weighted by molar-refractivity contribution is 5.69. The molecule has 5 atom stereocenters. The van der Waals surface area contributed by atoms with Gasteiger partial charge in [0.25, 0.3) is 0 Å². The van der Waals surface area contributed by atoms with Crippen LogP contribution in [0.3, 0.4) is 0 Å². The predicted molar refractivity (Wildman–Crippen MR) is 122 cm³/mol. The Bertz CT molecular complexity index is 657. The number of carbonyl (C=O) groups excluding carboxylic acids is 1. The molecule has 1 aliphatic carbocycles. The molecule has 0 aromatic heterocycles. The van der Waals surface area contributed by atoms with Crippen molar-refractivity contribution in [2.45, 2.75) is 96.1 Å². The number of ether oxygens (including phenoxy) is 1. The minimum atomic E-state index is -0.513. The summed E-state index contributed by atoms with van der Waals surface area (Å²) >= 11 is 0. The van der Waals surface area contributed by atoms with Crippen LogP contribution in [-0.4, -0.2) is 45.7 Å². The van der Waals surface area contributed by atoms with Crippen LogP contribution in [0.5, 0.6) is 0 Å². The Morgan fingerprint density at radius 3 is 2.52 bits per heavy atom. The summed E-state index contributed by atoms with van der Waals surface area (Å²) in [6.45, 7) is 3.69. The number of benzene rings is 1. The number of esters is 1. The van der Waals surface area contributed by atoms with Crippen molar-refractivity contribution in [3.8, 4) is 0 Å². The van der Waals surface area contributed by atoms with Crippen molar-refractivity contribution in [2.24, 2.45) is 11.8 Å². The molecule has 1 aliphatic rings. The number of aryl methyl sites for hydroxylation is 1. The number of aliphatic hydroxyl groups is 3. The molecule has 0 amide bonds. The van der Waals surface area contributed by atoms with Crippen molar-refractivity contribution in [2.75, 3.05) is 0 Å². The summed E-state index contributed by atoms with van der Waals surface area (Å²) in [5, 5.41) is 31.2. The molecule has 0 radical (unpaired) electrons. The van der Waals surface area contributed by atoms with Crippen LogP contribution in [0.25, 0.3) is 0 Å². The predicted octanol–water partition coefficient (Wildman–Crippen LogP) is 4.19. The lowest BCUT2D eigenvalue weighted by molar-refractivity contribution is -0.147. The molecule has 0 heterocycles. The summed E-state index contributed by atoms with van der Waals surface area (Å²) < 4.78 is 5.12. The standard InChI is InChI=1S/C26H40O5/c1-19(2)31-26(30)13-9-4-3-8-12-22-23(25(29)18-24(22)28)17-16-21(27)15-14-20-10-6-5-7-11-20/h3,5-8,10-11,19,21-25,27-29H,4,9,12-18H2,1-2H3/t21-,22?,23+,24-,25+/m0/s1. The van der Waals surface area contributed by atoms with Crippen LogP contribution in [0.4, 0.5) is 0 Å². The molecule has 3 N–H and O–H groups in total. The summed E-state index contributed by atoms with van der Waals surface area (Å²) in [6, 6.07) is 10.1. The summed E-state index contributed by atoms with van der Waals surface area (Å²) in [5.74, 6) is -0.144. The zero-order valence-electron chi connectivity index (χ0n) is 19.0. The third-order valence-corrected chi connectivity index (χ3v) is 6.16. The molecule has 174 valence electrons. The van der Waals surface area contributed by atoms with E-state index in [2.05, 4.69) is 18.2 Å². The van der Waals surface area contributed by atoms with E-state index < -0.39 is 18.3 Å². The number of hydrogen-bond acceptors (Lipinski definition) is 5. The quantitative estimate of drug-likeness (QED) is 0.247. The summed E-state index contributed by atoms with van der Waals surface area (Å²) in [6.07, 6.45) is 8.58. The Labute approximate surface area is 187 Å². The van der Waals surface area contributed by atoms with Crippen molar-refractivity contribution < 1.29 is 24.9 Å². The topological polar surface area (TPSA) is 87.0 Å². The molecule has 1 fully saturated rings. The number of carbonyl (C=O) groups is 1. The smallest absolute Gasteiger partial charge is 0.306 e. The fraction of sp³-hybridized carbons (Fsp3) is 0.654. The van der Waals surface area contributed by atoms with Crippen molar-refractivity contribution in [1.29, 1.82) is 0 Å². The summed E-state index contributed by atoms with van der Waals surface area (Å²) in [7, 11) is 0. The molecule has 5 heteroatoms. The Balaban J connectivity index is 1.70. The minimum absolute atomic E-state index is 0.00652. The Morgan fingerprint density at radius 2 is 1.81 bits per heavy atom. The van der Waals surface area contributed by atoms with Crippen LogP contribution in [0.1, 0.15) is 70.8 Å². The molecule has 0 bridgehead atoms. The van der Waals surface area contributed by atoms with Crippen molar-refractivity contribution in [1.82, 2.24) is 0 Å². The lowest BCUT2D eigenvalue weighted by Gasteiger charge is -2.23. The second kappa shape index (κ2) is 13.7. The lowest BCUT2D eigenvalue weighted by Crippen LogP contribution is -2.23. The molecule has 0 spiro atoms. The summed E-state index contributed by atoms with van der Waals surface area (Å²) in [5.41, 5.74) is 1.22. The molecular formula is C26H40O5. The number of aliphatic hydroxyl groups excluding tert-OH is 3. The highest BCUT2D eigenvalue weighted by Crippen LogP contribution is 2.38. The van der Waals surface area contributed by atoms with E-state index in [-0.39, 0.29) is 23.9 Å². The molecule has 1 aromatic rings. The zero-order valence-corrected chi connectivity index (χ0v) is 19.0. The van der Waals surface area contributed by atoms with Crippen LogP contribution in [0.2, 0.25) is 0 Å². The van der Waals surface area contributed by atoms with E-state index in [0.717, 1.165) is 19.3 Å². The largest absolute Gasteiger partial charge is 0.463 e. The van der Waals surface area contributed by atoms with Gasteiger partial charge in [0.05, 0.1) is 24.4 Å². The van der Waals surface area contributed by atoms with Crippen LogP contribution >= 0.6 is 0 Å². The van der Waals surface area contributed by atoms with Gasteiger partial charge in [-0.05, 0) is 82.6 Å². The maximum Gasteiger partial charge on any atom is 0.306 e. The average Bonchev–Trinajstić information content (AvgIpc) is 3.00. The van der Waals surface area contributed by atoms with Crippen molar-refractivity contribution >= 4 is 5.97 Å². The van der Waals surface area contributed by atoms with E-state index in [1.807, 2.05) is 38.1 Å². The first-order valence-electron chi connectivity index (χ1n) is 11.8. The molecule has 1 unspecified atom stereocenters. The van der Waals surface area contributed by atoms with E-state index in [0.29, 0.717) is 38.5 Å². The van der Waals surface area contributed by atoms with Gasteiger partial charge in [0.2, 0.25) is 0 Å². The second-order valence-electron chi connectivity index (χ2n) is 9.09. The van der Waals surface area contributed by atoms with Crippen LogP contribution in [-0.2, 0) is 16.0 Å². The normalized spacial score (nSPS) is 24.7. The van der Waals surface area contributed by atoms with Gasteiger partial charge in [-0.3, -0.25) is 4.79 Å². The SMILES string of the molecule is CC(C)OC(=O)CCCC=CCC1[C@@H](CC[C@@H](O)CCc2ccccc2)[C@H](O)C[C@@H]1O. The monoisotopic (exact) mass is 432 g/mol. The van der Waals surface area contributed by atoms with Gasteiger partial charge in [-0.1, -0.05) is 42.5 Å². The van der Waals surface area contributed by atoms with E-state index in [4.69, 9.17) is 4.74 Å². The first-order chi connectivity index (χ1) is 14.9. The van der Waals surface area contributed by atoms with E-state index in [1.165, 1.54) is 5.56 Å². The number of hydrogen-bond donors (Lipinski definition) is 3. The van der Waals surface area contributed by atoms with Gasteiger partial charge in [-0.15, -0.1) is 0 Å². The van der Waals surface area contributed by atoms with Gasteiger partial charge in [0, 0.05) is 6.42 Å². The minimum Gasteiger partial charge on any atom is -0.463 e. The third kappa shape index (κ3) is 9.55. The molecule has 0 aliphatic heterocycles. The maximum absolute atomic E-state index is 11.5. The fourth-order valence-corrected chi connectivity index (χ4v) is 4.47. The number of rotatable bonds is 13. The van der Waals surface area contributed by atoms with Crippen LogP contribution in [0, 0.1) is 11.8 Å². The Hall–Kier alpha value is -1.69. The third-order valence-electron chi connectivity index (χ3n) is 6.16. The molecule has 5 nitrogen and oxygen atoms in total. The maximum atomic E-state index is 11.5. The zero-order chi connectivity index (χ0) is 22.6. The molecule has 31 heavy (non-hydrogen) atoms. The number of allylic oxidation sites excluding steroid dienone is 2. The van der Waals surface area contributed by atoms with Gasteiger partial charge >= 0.3 is 5.97 Å². The number of unbranched alkanes of at least 4 members (excludes halogenated alkanes) is 1. The van der Waals surface area contributed by atoms with Gasteiger partial charge in [-0.25, -0.2) is 0 Å². The Morgan fingerprint density at radius 1 is 1.10 bits per heavy atom.